The molecule has 0 spiro atoms. The van der Waals surface area contributed by atoms with Crippen LogP contribution in [0.4, 0.5) is 4.39 Å². The zero-order valence-electron chi connectivity index (χ0n) is 7.51. The van der Waals surface area contributed by atoms with Crippen LogP contribution in [0.25, 0.3) is 0 Å². The summed E-state index contributed by atoms with van der Waals surface area (Å²) in [5.74, 6) is -0.156. The first-order valence-corrected chi connectivity index (χ1v) is 5.97. The molecule has 4 heteroatoms. The number of hydrogen-bond acceptors (Lipinski definition) is 2. The van der Waals surface area contributed by atoms with Crippen molar-refractivity contribution in [3.8, 4) is 0 Å². The Hall–Kier alpha value is -0.120. The highest BCUT2D eigenvalue weighted by molar-refractivity contribution is 7.91. The zero-order chi connectivity index (χ0) is 9.41. The molecule has 0 aromatic carbocycles. The van der Waals surface area contributed by atoms with Gasteiger partial charge in [0, 0.05) is 0 Å². The Morgan fingerprint density at radius 3 is 2.58 bits per heavy atom. The summed E-state index contributed by atoms with van der Waals surface area (Å²) >= 11 is 0. The van der Waals surface area contributed by atoms with Gasteiger partial charge in [-0.05, 0) is 18.3 Å². The van der Waals surface area contributed by atoms with Gasteiger partial charge in [0.1, 0.15) is 6.17 Å². The van der Waals surface area contributed by atoms with Crippen LogP contribution in [-0.4, -0.2) is 26.1 Å². The SMILES string of the molecule is CC1(C)CCC(F)CS(=O)(=O)C1. The molecule has 0 saturated carbocycles. The number of rotatable bonds is 0. The van der Waals surface area contributed by atoms with E-state index in [4.69, 9.17) is 0 Å². The molecule has 12 heavy (non-hydrogen) atoms. The van der Waals surface area contributed by atoms with Crippen LogP contribution in [0, 0.1) is 5.41 Å². The minimum Gasteiger partial charge on any atom is -0.246 e. The third kappa shape index (κ3) is 2.73. The molecule has 1 unspecified atom stereocenters. The second kappa shape index (κ2) is 2.98. The lowest BCUT2D eigenvalue weighted by Crippen LogP contribution is -2.23. The maximum absolute atomic E-state index is 12.9. The van der Waals surface area contributed by atoms with Gasteiger partial charge in [-0.1, -0.05) is 13.8 Å². The van der Waals surface area contributed by atoms with E-state index >= 15 is 0 Å². The Balaban J connectivity index is 2.84. The van der Waals surface area contributed by atoms with Gasteiger partial charge in [-0.25, -0.2) is 12.8 Å². The molecule has 1 atom stereocenters. The number of halogens is 1. The number of alkyl halides is 1. The molecule has 1 aliphatic rings. The van der Waals surface area contributed by atoms with Crippen molar-refractivity contribution in [3.05, 3.63) is 0 Å². The van der Waals surface area contributed by atoms with Gasteiger partial charge in [0.25, 0.3) is 0 Å². The van der Waals surface area contributed by atoms with Crippen LogP contribution in [0.3, 0.4) is 0 Å². The van der Waals surface area contributed by atoms with Crippen molar-refractivity contribution in [2.45, 2.75) is 32.9 Å². The Morgan fingerprint density at radius 2 is 2.00 bits per heavy atom. The lowest BCUT2D eigenvalue weighted by molar-refractivity contribution is 0.290. The van der Waals surface area contributed by atoms with E-state index in [1.807, 2.05) is 13.8 Å². The third-order valence-electron chi connectivity index (χ3n) is 2.18. The Morgan fingerprint density at radius 1 is 1.42 bits per heavy atom. The van der Waals surface area contributed by atoms with Gasteiger partial charge in [-0.3, -0.25) is 0 Å². The molecule has 0 bridgehead atoms. The van der Waals surface area contributed by atoms with Gasteiger partial charge >= 0.3 is 0 Å². The molecule has 0 aromatic heterocycles. The van der Waals surface area contributed by atoms with E-state index in [1.54, 1.807) is 0 Å². The number of sulfone groups is 1. The summed E-state index contributed by atoms with van der Waals surface area (Å²) in [7, 11) is -3.15. The first-order chi connectivity index (χ1) is 5.31. The van der Waals surface area contributed by atoms with E-state index in [9.17, 15) is 12.8 Å². The summed E-state index contributed by atoms with van der Waals surface area (Å²) in [4.78, 5) is 0. The van der Waals surface area contributed by atoms with Crippen molar-refractivity contribution in [3.63, 3.8) is 0 Å². The fourth-order valence-corrected chi connectivity index (χ4v) is 3.80. The Labute approximate surface area is 73.1 Å². The van der Waals surface area contributed by atoms with E-state index < -0.39 is 16.0 Å². The van der Waals surface area contributed by atoms with Crippen LogP contribution in [0.5, 0.6) is 0 Å². The van der Waals surface area contributed by atoms with Gasteiger partial charge in [-0.15, -0.1) is 0 Å². The monoisotopic (exact) mass is 194 g/mol. The second-order valence-corrected chi connectivity index (χ2v) is 6.46. The van der Waals surface area contributed by atoms with Crippen LogP contribution in [-0.2, 0) is 9.84 Å². The highest BCUT2D eigenvalue weighted by atomic mass is 32.2. The molecule has 1 rings (SSSR count). The van der Waals surface area contributed by atoms with Crippen LogP contribution in [0.2, 0.25) is 0 Å². The van der Waals surface area contributed by atoms with Crippen LogP contribution >= 0.6 is 0 Å². The quantitative estimate of drug-likeness (QED) is 0.586. The fourth-order valence-electron chi connectivity index (χ4n) is 1.63. The lowest BCUT2D eigenvalue weighted by Gasteiger charge is -2.20. The summed E-state index contributed by atoms with van der Waals surface area (Å²) in [6.07, 6.45) is -0.114. The van der Waals surface area contributed by atoms with Crippen molar-refractivity contribution < 1.29 is 12.8 Å². The molecule has 0 aromatic rings. The van der Waals surface area contributed by atoms with E-state index in [0.717, 1.165) is 0 Å². The zero-order valence-corrected chi connectivity index (χ0v) is 8.32. The smallest absolute Gasteiger partial charge is 0.153 e. The normalized spacial score (nSPS) is 34.1. The van der Waals surface area contributed by atoms with Gasteiger partial charge in [0.05, 0.1) is 11.5 Å². The van der Waals surface area contributed by atoms with Crippen molar-refractivity contribution in [2.75, 3.05) is 11.5 Å². The molecule has 0 amide bonds. The van der Waals surface area contributed by atoms with Crippen LogP contribution < -0.4 is 0 Å². The molecule has 1 fully saturated rings. The Kier molecular flexibility index (Phi) is 2.47. The molecule has 1 aliphatic heterocycles. The van der Waals surface area contributed by atoms with Crippen LogP contribution in [0.15, 0.2) is 0 Å². The highest BCUT2D eigenvalue weighted by Gasteiger charge is 2.33. The molecule has 1 heterocycles. The van der Waals surface area contributed by atoms with Crippen molar-refractivity contribution in [2.24, 2.45) is 5.41 Å². The molecule has 2 nitrogen and oxygen atoms in total. The van der Waals surface area contributed by atoms with E-state index in [1.165, 1.54) is 0 Å². The molecule has 0 aliphatic carbocycles. The molecule has 0 radical (unpaired) electrons. The summed E-state index contributed by atoms with van der Waals surface area (Å²) in [6.45, 7) is 3.76. The van der Waals surface area contributed by atoms with Gasteiger partial charge < -0.3 is 0 Å². The maximum atomic E-state index is 12.9. The van der Waals surface area contributed by atoms with Crippen molar-refractivity contribution in [1.29, 1.82) is 0 Å². The van der Waals surface area contributed by atoms with Crippen molar-refractivity contribution >= 4 is 9.84 Å². The summed E-state index contributed by atoms with van der Waals surface area (Å²) < 4.78 is 35.4. The first kappa shape index (κ1) is 9.96. The van der Waals surface area contributed by atoms with Crippen molar-refractivity contribution in [1.82, 2.24) is 0 Å². The van der Waals surface area contributed by atoms with E-state index in [2.05, 4.69) is 0 Å². The largest absolute Gasteiger partial charge is 0.246 e. The van der Waals surface area contributed by atoms with Crippen LogP contribution in [0.1, 0.15) is 26.7 Å². The minimum atomic E-state index is -3.15. The van der Waals surface area contributed by atoms with Gasteiger partial charge in [-0.2, -0.15) is 0 Å². The molecule has 0 N–H and O–H groups in total. The minimum absolute atomic E-state index is 0.125. The average Bonchev–Trinajstić information content (AvgIpc) is 1.86. The van der Waals surface area contributed by atoms with Gasteiger partial charge in [0.15, 0.2) is 9.84 Å². The average molecular weight is 194 g/mol. The summed E-state index contributed by atoms with van der Waals surface area (Å²) in [5, 5.41) is 0. The summed E-state index contributed by atoms with van der Waals surface area (Å²) in [5.41, 5.74) is -0.250. The third-order valence-corrected chi connectivity index (χ3v) is 4.27. The fraction of sp³-hybridized carbons (Fsp3) is 1.00. The highest BCUT2D eigenvalue weighted by Crippen LogP contribution is 2.30. The molecule has 1 saturated heterocycles. The predicted octanol–water partition coefficient (Wildman–Crippen LogP) is 1.56. The topological polar surface area (TPSA) is 34.1 Å². The Bertz CT molecular complexity index is 256. The second-order valence-electron chi connectivity index (χ2n) is 4.35. The maximum Gasteiger partial charge on any atom is 0.153 e. The molecule has 72 valence electrons. The predicted molar refractivity (Wildman–Crippen MR) is 46.6 cm³/mol. The van der Waals surface area contributed by atoms with Gasteiger partial charge in [0.2, 0.25) is 0 Å². The van der Waals surface area contributed by atoms with E-state index in [-0.39, 0.29) is 16.9 Å². The number of hydrogen-bond donors (Lipinski definition) is 0. The summed E-state index contributed by atoms with van der Waals surface area (Å²) in [6, 6.07) is 0. The lowest BCUT2D eigenvalue weighted by atomic mass is 9.89. The standard InChI is InChI=1S/C8H15FO2S/c1-8(2)4-3-7(9)5-12(10,11)6-8/h7H,3-6H2,1-2H3. The first-order valence-electron chi connectivity index (χ1n) is 4.15. The molecular weight excluding hydrogens is 179 g/mol. The molecular formula is C8H15FO2S. The van der Waals surface area contributed by atoms with E-state index in [0.29, 0.717) is 12.8 Å².